The highest BCUT2D eigenvalue weighted by Gasteiger charge is 2.25. The Hall–Kier alpha value is -1.08. The van der Waals surface area contributed by atoms with Crippen LogP contribution < -0.4 is 5.32 Å². The molecule has 1 aromatic carbocycles. The zero-order valence-corrected chi connectivity index (χ0v) is 10.4. The van der Waals surface area contributed by atoms with Crippen LogP contribution in [-0.2, 0) is 6.54 Å². The molecule has 0 radical (unpaired) electrons. The summed E-state index contributed by atoms with van der Waals surface area (Å²) in [5, 5.41) is 3.71. The third-order valence-electron chi connectivity index (χ3n) is 3.92. The standard InChI is InChI=1S/C16H21N/c1-2-7-15(8-3-1)17-12-14-6-4-5-9-16(14)13-10-11-13/h1-2,4-6,9,13,15,17H,3,7-8,10-12H2. The predicted molar refractivity (Wildman–Crippen MR) is 72.0 cm³/mol. The van der Waals surface area contributed by atoms with Crippen molar-refractivity contribution in [1.82, 2.24) is 5.32 Å². The van der Waals surface area contributed by atoms with E-state index < -0.39 is 0 Å². The maximum Gasteiger partial charge on any atom is 0.0211 e. The highest BCUT2D eigenvalue weighted by atomic mass is 14.9. The average Bonchev–Trinajstić information content (AvgIpc) is 3.22. The van der Waals surface area contributed by atoms with E-state index >= 15 is 0 Å². The minimum Gasteiger partial charge on any atom is -0.310 e. The van der Waals surface area contributed by atoms with Gasteiger partial charge in [0, 0.05) is 12.6 Å². The van der Waals surface area contributed by atoms with Gasteiger partial charge in [-0.1, -0.05) is 36.4 Å². The van der Waals surface area contributed by atoms with Gasteiger partial charge in [-0.2, -0.15) is 0 Å². The molecule has 1 aromatic rings. The first-order valence-electron chi connectivity index (χ1n) is 6.89. The van der Waals surface area contributed by atoms with Crippen LogP contribution in [0.1, 0.15) is 49.1 Å². The lowest BCUT2D eigenvalue weighted by atomic mass is 10.00. The van der Waals surface area contributed by atoms with E-state index in [0.717, 1.165) is 12.5 Å². The van der Waals surface area contributed by atoms with Crippen molar-refractivity contribution in [1.29, 1.82) is 0 Å². The SMILES string of the molecule is C1=CCC(NCc2ccccc2C2CC2)CC1. The van der Waals surface area contributed by atoms with Crippen LogP contribution in [0, 0.1) is 0 Å². The number of hydrogen-bond donors (Lipinski definition) is 1. The van der Waals surface area contributed by atoms with E-state index in [-0.39, 0.29) is 0 Å². The van der Waals surface area contributed by atoms with E-state index in [2.05, 4.69) is 41.7 Å². The van der Waals surface area contributed by atoms with E-state index in [1.165, 1.54) is 37.7 Å². The number of allylic oxidation sites excluding steroid dienone is 1. The fraction of sp³-hybridized carbons (Fsp3) is 0.500. The molecule has 1 heteroatoms. The largest absolute Gasteiger partial charge is 0.310 e. The normalized spacial score (nSPS) is 23.9. The van der Waals surface area contributed by atoms with E-state index in [9.17, 15) is 0 Å². The first kappa shape index (κ1) is 11.0. The van der Waals surface area contributed by atoms with Crippen LogP contribution >= 0.6 is 0 Å². The van der Waals surface area contributed by atoms with Crippen molar-refractivity contribution in [3.05, 3.63) is 47.5 Å². The summed E-state index contributed by atoms with van der Waals surface area (Å²) in [7, 11) is 0. The molecule has 1 unspecified atom stereocenters. The smallest absolute Gasteiger partial charge is 0.0211 e. The topological polar surface area (TPSA) is 12.0 Å². The molecule has 17 heavy (non-hydrogen) atoms. The molecule has 0 spiro atoms. The van der Waals surface area contributed by atoms with Gasteiger partial charge >= 0.3 is 0 Å². The quantitative estimate of drug-likeness (QED) is 0.772. The Bertz CT molecular complexity index is 404. The zero-order chi connectivity index (χ0) is 11.5. The molecule has 1 N–H and O–H groups in total. The van der Waals surface area contributed by atoms with Crippen molar-refractivity contribution >= 4 is 0 Å². The third-order valence-corrected chi connectivity index (χ3v) is 3.92. The maximum atomic E-state index is 3.71. The van der Waals surface area contributed by atoms with Crippen LogP contribution in [0.2, 0.25) is 0 Å². The second-order valence-corrected chi connectivity index (χ2v) is 5.34. The Morgan fingerprint density at radius 1 is 1.06 bits per heavy atom. The number of rotatable bonds is 4. The predicted octanol–water partition coefficient (Wildman–Crippen LogP) is 3.76. The first-order chi connectivity index (χ1) is 8.43. The van der Waals surface area contributed by atoms with Crippen molar-refractivity contribution < 1.29 is 0 Å². The van der Waals surface area contributed by atoms with Gasteiger partial charge in [0.2, 0.25) is 0 Å². The van der Waals surface area contributed by atoms with Crippen molar-refractivity contribution in [2.45, 2.75) is 50.6 Å². The highest BCUT2D eigenvalue weighted by Crippen LogP contribution is 2.41. The van der Waals surface area contributed by atoms with Crippen LogP contribution in [0.5, 0.6) is 0 Å². The van der Waals surface area contributed by atoms with Gasteiger partial charge in [0.1, 0.15) is 0 Å². The lowest BCUT2D eigenvalue weighted by molar-refractivity contribution is 0.473. The molecule has 2 aliphatic rings. The summed E-state index contributed by atoms with van der Waals surface area (Å²) in [5.74, 6) is 0.860. The van der Waals surface area contributed by atoms with Gasteiger partial charge in [-0.05, 0) is 49.1 Å². The summed E-state index contributed by atoms with van der Waals surface area (Å²) < 4.78 is 0. The molecular formula is C16H21N. The lowest BCUT2D eigenvalue weighted by Gasteiger charge is -2.20. The minimum atomic E-state index is 0.687. The third kappa shape index (κ3) is 2.78. The van der Waals surface area contributed by atoms with Gasteiger partial charge in [-0.3, -0.25) is 0 Å². The van der Waals surface area contributed by atoms with Gasteiger partial charge in [0.25, 0.3) is 0 Å². The van der Waals surface area contributed by atoms with Gasteiger partial charge in [0.05, 0.1) is 0 Å². The summed E-state index contributed by atoms with van der Waals surface area (Å²) in [6.45, 7) is 1.05. The summed E-state index contributed by atoms with van der Waals surface area (Å²) in [4.78, 5) is 0. The van der Waals surface area contributed by atoms with Crippen LogP contribution in [0.25, 0.3) is 0 Å². The second kappa shape index (κ2) is 5.05. The minimum absolute atomic E-state index is 0.687. The molecule has 0 heterocycles. The van der Waals surface area contributed by atoms with Crippen LogP contribution in [-0.4, -0.2) is 6.04 Å². The van der Waals surface area contributed by atoms with Crippen LogP contribution in [0.15, 0.2) is 36.4 Å². The maximum absolute atomic E-state index is 3.71. The Kier molecular flexibility index (Phi) is 3.28. The molecule has 0 amide bonds. The first-order valence-corrected chi connectivity index (χ1v) is 6.89. The van der Waals surface area contributed by atoms with Crippen molar-refractivity contribution in [3.8, 4) is 0 Å². The molecule has 0 aliphatic heterocycles. The molecule has 0 aromatic heterocycles. The Balaban J connectivity index is 1.62. The Morgan fingerprint density at radius 2 is 1.94 bits per heavy atom. The molecule has 1 saturated carbocycles. The van der Waals surface area contributed by atoms with E-state index in [0.29, 0.717) is 6.04 Å². The van der Waals surface area contributed by atoms with E-state index in [1.807, 2.05) is 0 Å². The monoisotopic (exact) mass is 227 g/mol. The fourth-order valence-corrected chi connectivity index (χ4v) is 2.72. The van der Waals surface area contributed by atoms with Gasteiger partial charge in [-0.15, -0.1) is 0 Å². The Labute approximate surface area is 104 Å². The van der Waals surface area contributed by atoms with Gasteiger partial charge in [0.15, 0.2) is 0 Å². The fourth-order valence-electron chi connectivity index (χ4n) is 2.72. The molecule has 2 aliphatic carbocycles. The number of benzene rings is 1. The van der Waals surface area contributed by atoms with Crippen molar-refractivity contribution in [3.63, 3.8) is 0 Å². The summed E-state index contributed by atoms with van der Waals surface area (Å²) in [6.07, 6.45) is 11.1. The van der Waals surface area contributed by atoms with Crippen LogP contribution in [0.4, 0.5) is 0 Å². The molecule has 3 rings (SSSR count). The molecule has 0 bridgehead atoms. The summed E-state index contributed by atoms with van der Waals surface area (Å²) in [6, 6.07) is 9.64. The molecule has 0 saturated heterocycles. The van der Waals surface area contributed by atoms with Gasteiger partial charge in [-0.25, -0.2) is 0 Å². The molecular weight excluding hydrogens is 206 g/mol. The highest BCUT2D eigenvalue weighted by molar-refractivity contribution is 5.33. The van der Waals surface area contributed by atoms with Gasteiger partial charge < -0.3 is 5.32 Å². The van der Waals surface area contributed by atoms with E-state index in [4.69, 9.17) is 0 Å². The van der Waals surface area contributed by atoms with Crippen molar-refractivity contribution in [2.24, 2.45) is 0 Å². The van der Waals surface area contributed by atoms with Crippen LogP contribution in [0.3, 0.4) is 0 Å². The van der Waals surface area contributed by atoms with Crippen molar-refractivity contribution in [2.75, 3.05) is 0 Å². The summed E-state index contributed by atoms with van der Waals surface area (Å²) >= 11 is 0. The average molecular weight is 227 g/mol. The zero-order valence-electron chi connectivity index (χ0n) is 10.4. The molecule has 90 valence electrons. The molecule has 1 nitrogen and oxygen atoms in total. The Morgan fingerprint density at radius 3 is 2.71 bits per heavy atom. The molecule has 1 fully saturated rings. The van der Waals surface area contributed by atoms with E-state index in [1.54, 1.807) is 5.56 Å². The molecule has 1 atom stereocenters. The lowest BCUT2D eigenvalue weighted by Crippen LogP contribution is -2.29. The second-order valence-electron chi connectivity index (χ2n) is 5.34. The summed E-state index contributed by atoms with van der Waals surface area (Å²) in [5.41, 5.74) is 3.11. The number of nitrogens with one attached hydrogen (secondary N) is 1. The number of hydrogen-bond acceptors (Lipinski definition) is 1.